The molecule has 2 atom stereocenters. The number of ether oxygens (including phenoxy) is 4. The minimum absolute atomic E-state index is 0.00229. The Bertz CT molecular complexity index is 1520. The Balaban J connectivity index is 1.14. The lowest BCUT2D eigenvalue weighted by atomic mass is 9.87. The lowest BCUT2D eigenvalue weighted by Gasteiger charge is -2.36. The van der Waals surface area contributed by atoms with Gasteiger partial charge in [0.25, 0.3) is 6.01 Å². The molecule has 6 rings (SSSR count). The van der Waals surface area contributed by atoms with E-state index in [1.165, 1.54) is 0 Å². The maximum Gasteiger partial charge on any atom is 0.308 e. The lowest BCUT2D eigenvalue weighted by Crippen LogP contribution is -2.50. The van der Waals surface area contributed by atoms with Crippen molar-refractivity contribution in [3.8, 4) is 5.75 Å². The summed E-state index contributed by atoms with van der Waals surface area (Å²) in [6, 6.07) is 10.6. The molecule has 254 valence electrons. The molecule has 3 aliphatic rings. The van der Waals surface area contributed by atoms with Gasteiger partial charge in [0.2, 0.25) is 5.91 Å². The zero-order chi connectivity index (χ0) is 32.8. The maximum atomic E-state index is 15.9. The molecule has 1 aliphatic carbocycles. The molecule has 3 heterocycles. The number of carbonyl (C=O) groups is 2. The number of amides is 1. The van der Waals surface area contributed by atoms with Crippen LogP contribution in [0.2, 0.25) is 0 Å². The number of nitrogens with one attached hydrogen (secondary N) is 1. The third-order valence-corrected chi connectivity index (χ3v) is 9.57. The first kappa shape index (κ1) is 33.2. The summed E-state index contributed by atoms with van der Waals surface area (Å²) in [6.45, 7) is 6.39. The number of benzene rings is 2. The highest BCUT2D eigenvalue weighted by Crippen LogP contribution is 2.33. The predicted octanol–water partition coefficient (Wildman–Crippen LogP) is 5.09. The molecule has 2 saturated heterocycles. The van der Waals surface area contributed by atoms with E-state index in [0.29, 0.717) is 43.4 Å². The average Bonchev–Trinajstić information content (AvgIpc) is 3.70. The number of oxazole rings is 1. The van der Waals surface area contributed by atoms with Crippen LogP contribution in [0.15, 0.2) is 40.8 Å². The number of aromatic nitrogens is 1. The molecule has 2 aliphatic heterocycles. The molecule has 1 N–H and O–H groups in total. The fourth-order valence-electron chi connectivity index (χ4n) is 7.07. The van der Waals surface area contributed by atoms with Crippen molar-refractivity contribution >= 4 is 34.7 Å². The highest BCUT2D eigenvalue weighted by Gasteiger charge is 2.39. The normalized spacial score (nSPS) is 23.6. The second kappa shape index (κ2) is 15.4. The number of nitrogens with zero attached hydrogens (tertiary/aromatic N) is 3. The number of likely N-dealkylation sites (tertiary alicyclic amines) is 1. The van der Waals surface area contributed by atoms with E-state index in [4.69, 9.17) is 23.4 Å². The van der Waals surface area contributed by atoms with Crippen molar-refractivity contribution in [3.63, 3.8) is 0 Å². The van der Waals surface area contributed by atoms with Crippen molar-refractivity contribution in [2.24, 2.45) is 5.92 Å². The third kappa shape index (κ3) is 7.88. The molecular formula is C35H45FN4O7. The zero-order valence-electron chi connectivity index (χ0n) is 27.3. The predicted molar refractivity (Wildman–Crippen MR) is 173 cm³/mol. The summed E-state index contributed by atoms with van der Waals surface area (Å²) in [7, 11) is 1.57. The summed E-state index contributed by atoms with van der Waals surface area (Å²) in [4.78, 5) is 34.9. The molecule has 1 aromatic heterocycles. The van der Waals surface area contributed by atoms with Gasteiger partial charge in [0.15, 0.2) is 11.4 Å². The van der Waals surface area contributed by atoms with E-state index < -0.39 is 5.82 Å². The number of morpholine rings is 1. The molecule has 12 heteroatoms. The minimum Gasteiger partial charge on any atom is -0.495 e. The van der Waals surface area contributed by atoms with Crippen molar-refractivity contribution in [2.75, 3.05) is 58.5 Å². The van der Waals surface area contributed by atoms with Gasteiger partial charge in [-0.25, -0.2) is 4.39 Å². The van der Waals surface area contributed by atoms with Crippen molar-refractivity contribution in [1.82, 2.24) is 14.8 Å². The van der Waals surface area contributed by atoms with Gasteiger partial charge < -0.3 is 33.6 Å². The molecular weight excluding hydrogens is 607 g/mol. The van der Waals surface area contributed by atoms with E-state index in [2.05, 4.69) is 15.2 Å². The summed E-state index contributed by atoms with van der Waals surface area (Å²) in [6.07, 6.45) is 4.69. The molecule has 1 saturated carbocycles. The number of carbonyl (C=O) groups excluding carboxylic acids is 2. The molecule has 0 spiro atoms. The van der Waals surface area contributed by atoms with Crippen LogP contribution in [-0.2, 0) is 30.2 Å². The van der Waals surface area contributed by atoms with Gasteiger partial charge in [-0.05, 0) is 63.6 Å². The highest BCUT2D eigenvalue weighted by atomic mass is 19.1. The number of hydrogen-bond donors (Lipinski definition) is 1. The zero-order valence-corrected chi connectivity index (χ0v) is 27.3. The number of halogens is 1. The van der Waals surface area contributed by atoms with Crippen LogP contribution >= 0.6 is 0 Å². The van der Waals surface area contributed by atoms with Gasteiger partial charge in [-0.1, -0.05) is 18.2 Å². The molecule has 1 amide bonds. The Kier molecular flexibility index (Phi) is 10.9. The maximum absolute atomic E-state index is 15.9. The second-order valence-corrected chi connectivity index (χ2v) is 12.6. The highest BCUT2D eigenvalue weighted by molar-refractivity contribution is 5.83. The molecule has 0 unspecified atom stereocenters. The van der Waals surface area contributed by atoms with Gasteiger partial charge in [0.05, 0.1) is 63.7 Å². The Morgan fingerprint density at radius 2 is 1.79 bits per heavy atom. The van der Waals surface area contributed by atoms with Gasteiger partial charge in [-0.2, -0.15) is 4.98 Å². The second-order valence-electron chi connectivity index (χ2n) is 12.6. The topological polar surface area (TPSA) is 116 Å². The summed E-state index contributed by atoms with van der Waals surface area (Å²) < 4.78 is 44.2. The number of para-hydroxylation sites is 2. The molecule has 0 radical (unpaired) electrons. The molecule has 0 bridgehead atoms. The van der Waals surface area contributed by atoms with Crippen LogP contribution in [-0.4, -0.2) is 98.0 Å². The van der Waals surface area contributed by atoms with Crippen molar-refractivity contribution < 1.29 is 37.3 Å². The van der Waals surface area contributed by atoms with Crippen LogP contribution in [0.4, 0.5) is 16.1 Å². The monoisotopic (exact) mass is 652 g/mol. The Morgan fingerprint density at radius 3 is 2.55 bits per heavy atom. The fourth-order valence-corrected chi connectivity index (χ4v) is 7.07. The van der Waals surface area contributed by atoms with Crippen molar-refractivity contribution in [3.05, 3.63) is 47.8 Å². The van der Waals surface area contributed by atoms with Crippen LogP contribution in [0, 0.1) is 11.7 Å². The van der Waals surface area contributed by atoms with Gasteiger partial charge >= 0.3 is 5.97 Å². The van der Waals surface area contributed by atoms with Crippen LogP contribution < -0.4 is 10.1 Å². The Hall–Kier alpha value is -3.74. The standard InChI is InChI=1S/C35H45FN4O7/c1-3-45-34(42)23-8-13-27(14-9-23)46-22-26-12-11-25(21-39-16-18-44-19-17-39)40(26)31(41)20-24-10-15-29-33(32(24)36)47-35(38-29)37-28-6-4-5-7-30(28)43-2/h4-7,10,15,23,25-27H,3,8-9,11-14,16-22H2,1-2H3,(H,37,38)/t23?,25-,26-,27?/m0/s1. The Labute approximate surface area is 274 Å². The van der Waals surface area contributed by atoms with Crippen LogP contribution in [0.5, 0.6) is 5.75 Å². The van der Waals surface area contributed by atoms with Crippen LogP contribution in [0.1, 0.15) is 51.0 Å². The van der Waals surface area contributed by atoms with Crippen LogP contribution in [0.3, 0.4) is 0 Å². The lowest BCUT2D eigenvalue weighted by molar-refractivity contribution is -0.150. The third-order valence-electron chi connectivity index (χ3n) is 9.57. The summed E-state index contributed by atoms with van der Waals surface area (Å²) in [5.74, 6) is -0.315. The first-order valence-electron chi connectivity index (χ1n) is 16.8. The van der Waals surface area contributed by atoms with Gasteiger partial charge in [0.1, 0.15) is 11.3 Å². The smallest absolute Gasteiger partial charge is 0.308 e. The number of hydrogen-bond acceptors (Lipinski definition) is 10. The summed E-state index contributed by atoms with van der Waals surface area (Å²) in [5.41, 5.74) is 1.25. The summed E-state index contributed by atoms with van der Waals surface area (Å²) >= 11 is 0. The number of methoxy groups -OCH3 is 1. The van der Waals surface area contributed by atoms with Gasteiger partial charge in [0, 0.05) is 31.2 Å². The van der Waals surface area contributed by atoms with E-state index >= 15 is 4.39 Å². The van der Waals surface area contributed by atoms with Crippen LogP contribution in [0.25, 0.3) is 11.1 Å². The quantitative estimate of drug-likeness (QED) is 0.265. The molecule has 3 aromatic rings. The Morgan fingerprint density at radius 1 is 1.02 bits per heavy atom. The average molecular weight is 653 g/mol. The molecule has 47 heavy (non-hydrogen) atoms. The number of anilines is 2. The summed E-state index contributed by atoms with van der Waals surface area (Å²) in [5, 5.41) is 3.05. The molecule has 3 fully saturated rings. The van der Waals surface area contributed by atoms with E-state index in [-0.39, 0.29) is 59.6 Å². The molecule has 11 nitrogen and oxygen atoms in total. The van der Waals surface area contributed by atoms with Gasteiger partial charge in [-0.15, -0.1) is 0 Å². The minimum atomic E-state index is -0.591. The van der Waals surface area contributed by atoms with E-state index in [9.17, 15) is 9.59 Å². The van der Waals surface area contributed by atoms with E-state index in [1.807, 2.05) is 30.0 Å². The first-order chi connectivity index (χ1) is 22.9. The van der Waals surface area contributed by atoms with E-state index in [1.54, 1.807) is 25.3 Å². The SMILES string of the molecule is CCOC(=O)C1CCC(OC[C@@H]2CC[C@@H](CN3CCOCC3)N2C(=O)Cc2ccc3nc(Nc4ccccc4OC)oc3c2F)CC1. The molecule has 2 aromatic carbocycles. The fraction of sp³-hybridized carbons (Fsp3) is 0.571. The number of esters is 1. The van der Waals surface area contributed by atoms with E-state index in [0.717, 1.165) is 58.2 Å². The number of fused-ring (bicyclic) bond motifs is 1. The van der Waals surface area contributed by atoms with Crippen molar-refractivity contribution in [2.45, 2.75) is 70.1 Å². The van der Waals surface area contributed by atoms with Crippen molar-refractivity contribution in [1.29, 1.82) is 0 Å². The van der Waals surface area contributed by atoms with Gasteiger partial charge in [-0.3, -0.25) is 14.5 Å². The first-order valence-corrected chi connectivity index (χ1v) is 16.8. The number of rotatable bonds is 12. The largest absolute Gasteiger partial charge is 0.495 e.